The van der Waals surface area contributed by atoms with E-state index >= 15 is 0 Å². The SMILES string of the molecule is CCn1c(C#CCNc2ccc(Cl)c(F)c2)cc2cc(CNC3CCN(C)CC3)ccc21. The van der Waals surface area contributed by atoms with Gasteiger partial charge >= 0.3 is 0 Å². The predicted octanol–water partition coefficient (Wildman–Crippen LogP) is 5.10. The van der Waals surface area contributed by atoms with Gasteiger partial charge in [0.2, 0.25) is 0 Å². The minimum absolute atomic E-state index is 0.120. The second kappa shape index (κ2) is 10.4. The van der Waals surface area contributed by atoms with Crippen LogP contribution in [0, 0.1) is 17.7 Å². The van der Waals surface area contributed by atoms with E-state index in [-0.39, 0.29) is 5.02 Å². The van der Waals surface area contributed by atoms with Gasteiger partial charge in [0.05, 0.1) is 17.3 Å². The van der Waals surface area contributed by atoms with Crippen molar-refractivity contribution in [3.63, 3.8) is 0 Å². The molecule has 1 aliphatic rings. The molecule has 1 saturated heterocycles. The quantitative estimate of drug-likeness (QED) is 0.510. The molecule has 4 nitrogen and oxygen atoms in total. The minimum atomic E-state index is -0.433. The van der Waals surface area contributed by atoms with E-state index in [1.807, 2.05) is 0 Å². The van der Waals surface area contributed by atoms with E-state index in [4.69, 9.17) is 11.6 Å². The normalized spacial score (nSPS) is 15.0. The number of nitrogens with one attached hydrogen (secondary N) is 2. The maximum atomic E-state index is 13.6. The number of anilines is 1. The molecule has 6 heteroatoms. The van der Waals surface area contributed by atoms with Crippen LogP contribution in [-0.2, 0) is 13.1 Å². The van der Waals surface area contributed by atoms with E-state index in [1.54, 1.807) is 12.1 Å². The van der Waals surface area contributed by atoms with Crippen molar-refractivity contribution in [1.29, 1.82) is 0 Å². The highest BCUT2D eigenvalue weighted by Gasteiger charge is 2.16. The second-order valence-electron chi connectivity index (χ2n) is 8.41. The molecule has 0 spiro atoms. The summed E-state index contributed by atoms with van der Waals surface area (Å²) in [5, 5.41) is 8.17. The number of benzene rings is 2. The van der Waals surface area contributed by atoms with Crippen molar-refractivity contribution in [3.05, 3.63) is 64.6 Å². The molecule has 1 fully saturated rings. The second-order valence-corrected chi connectivity index (χ2v) is 8.82. The molecular formula is C26H30ClFN4. The van der Waals surface area contributed by atoms with Gasteiger partial charge in [-0.2, -0.15) is 0 Å². The molecule has 0 aliphatic carbocycles. The van der Waals surface area contributed by atoms with E-state index in [1.165, 1.54) is 48.5 Å². The van der Waals surface area contributed by atoms with E-state index in [9.17, 15) is 4.39 Å². The highest BCUT2D eigenvalue weighted by atomic mass is 35.5. The predicted molar refractivity (Wildman–Crippen MR) is 132 cm³/mol. The Morgan fingerprint density at radius 2 is 1.94 bits per heavy atom. The number of hydrogen-bond acceptors (Lipinski definition) is 3. The topological polar surface area (TPSA) is 32.2 Å². The Morgan fingerprint density at radius 3 is 2.69 bits per heavy atom. The maximum absolute atomic E-state index is 13.6. The van der Waals surface area contributed by atoms with Crippen molar-refractivity contribution in [2.45, 2.75) is 38.9 Å². The first-order valence-corrected chi connectivity index (χ1v) is 11.6. The summed E-state index contributed by atoms with van der Waals surface area (Å²) in [7, 11) is 2.19. The van der Waals surface area contributed by atoms with Gasteiger partial charge in [0.15, 0.2) is 0 Å². The fraction of sp³-hybridized carbons (Fsp3) is 0.385. The first-order valence-electron chi connectivity index (χ1n) is 11.3. The van der Waals surface area contributed by atoms with Gasteiger partial charge in [-0.15, -0.1) is 0 Å². The van der Waals surface area contributed by atoms with Crippen LogP contribution in [0.1, 0.15) is 31.0 Å². The average molecular weight is 453 g/mol. The number of hydrogen-bond donors (Lipinski definition) is 2. The highest BCUT2D eigenvalue weighted by molar-refractivity contribution is 6.30. The van der Waals surface area contributed by atoms with Crippen LogP contribution in [0.15, 0.2) is 42.5 Å². The molecule has 0 radical (unpaired) electrons. The molecule has 0 amide bonds. The summed E-state index contributed by atoms with van der Waals surface area (Å²) in [6, 6.07) is 14.1. The lowest BCUT2D eigenvalue weighted by molar-refractivity contribution is 0.234. The lowest BCUT2D eigenvalue weighted by Gasteiger charge is -2.29. The van der Waals surface area contributed by atoms with Gasteiger partial charge in [-0.05, 0) is 87.8 Å². The van der Waals surface area contributed by atoms with Crippen LogP contribution in [0.4, 0.5) is 10.1 Å². The number of aromatic nitrogens is 1. The Bertz CT molecular complexity index is 1140. The van der Waals surface area contributed by atoms with Gasteiger partial charge in [0.1, 0.15) is 5.82 Å². The number of halogens is 2. The first kappa shape index (κ1) is 22.7. The molecule has 4 rings (SSSR count). The van der Waals surface area contributed by atoms with E-state index < -0.39 is 5.82 Å². The molecule has 0 bridgehead atoms. The molecule has 0 saturated carbocycles. The summed E-state index contributed by atoms with van der Waals surface area (Å²) >= 11 is 5.73. The van der Waals surface area contributed by atoms with Crippen LogP contribution in [0.2, 0.25) is 5.02 Å². The van der Waals surface area contributed by atoms with Crippen LogP contribution in [0.3, 0.4) is 0 Å². The third-order valence-electron chi connectivity index (χ3n) is 6.11. The molecular weight excluding hydrogens is 423 g/mol. The summed E-state index contributed by atoms with van der Waals surface area (Å²) in [4.78, 5) is 2.39. The number of nitrogens with zero attached hydrogens (tertiary/aromatic N) is 2. The Labute approximate surface area is 194 Å². The molecule has 3 aromatic rings. The molecule has 2 aromatic carbocycles. The van der Waals surface area contributed by atoms with Crippen molar-refractivity contribution in [1.82, 2.24) is 14.8 Å². The Balaban J connectivity index is 1.42. The zero-order chi connectivity index (χ0) is 22.5. The van der Waals surface area contributed by atoms with Gasteiger partial charge < -0.3 is 20.1 Å². The monoisotopic (exact) mass is 452 g/mol. The van der Waals surface area contributed by atoms with Crippen LogP contribution in [-0.4, -0.2) is 42.2 Å². The molecule has 168 valence electrons. The lowest BCUT2D eigenvalue weighted by atomic mass is 10.0. The van der Waals surface area contributed by atoms with Crippen molar-refractivity contribution in [2.24, 2.45) is 0 Å². The zero-order valence-corrected chi connectivity index (χ0v) is 19.5. The van der Waals surface area contributed by atoms with E-state index in [0.717, 1.165) is 18.8 Å². The van der Waals surface area contributed by atoms with Gasteiger partial charge in [-0.1, -0.05) is 23.6 Å². The van der Waals surface area contributed by atoms with Gasteiger partial charge in [0, 0.05) is 35.7 Å². The Kier molecular flexibility index (Phi) is 7.36. The highest BCUT2D eigenvalue weighted by Crippen LogP contribution is 2.22. The molecule has 0 atom stereocenters. The summed E-state index contributed by atoms with van der Waals surface area (Å²) in [5.74, 6) is 5.99. The summed E-state index contributed by atoms with van der Waals surface area (Å²) < 4.78 is 15.8. The van der Waals surface area contributed by atoms with E-state index in [0.29, 0.717) is 18.3 Å². The van der Waals surface area contributed by atoms with Crippen molar-refractivity contribution < 1.29 is 4.39 Å². The van der Waals surface area contributed by atoms with Gasteiger partial charge in [0.25, 0.3) is 0 Å². The summed E-state index contributed by atoms with van der Waals surface area (Å²) in [6.45, 7) is 6.65. The fourth-order valence-corrected chi connectivity index (χ4v) is 4.35. The van der Waals surface area contributed by atoms with Crippen LogP contribution < -0.4 is 10.6 Å². The standard InChI is InChI=1S/C26H30ClFN4/c1-3-32-23(5-4-12-29-22-7-8-24(27)25(28)17-22)16-20-15-19(6-9-26(20)32)18-30-21-10-13-31(2)14-11-21/h6-9,15-17,21,29-30H,3,10-14,18H2,1-2H3. The largest absolute Gasteiger partial charge is 0.374 e. The lowest BCUT2D eigenvalue weighted by Crippen LogP contribution is -2.40. The Morgan fingerprint density at radius 1 is 1.12 bits per heavy atom. The van der Waals surface area contributed by atoms with Crippen LogP contribution in [0.5, 0.6) is 0 Å². The smallest absolute Gasteiger partial charge is 0.143 e. The van der Waals surface area contributed by atoms with Crippen molar-refractivity contribution in [3.8, 4) is 11.8 Å². The van der Waals surface area contributed by atoms with Crippen molar-refractivity contribution >= 4 is 28.2 Å². The molecule has 2 N–H and O–H groups in total. The molecule has 1 aromatic heterocycles. The maximum Gasteiger partial charge on any atom is 0.143 e. The molecule has 1 aliphatic heterocycles. The molecule has 0 unspecified atom stereocenters. The van der Waals surface area contributed by atoms with Gasteiger partial charge in [-0.3, -0.25) is 0 Å². The third kappa shape index (κ3) is 5.45. The molecule has 2 heterocycles. The average Bonchev–Trinajstić information content (AvgIpc) is 3.15. The summed E-state index contributed by atoms with van der Waals surface area (Å²) in [6.07, 6.45) is 2.42. The molecule has 32 heavy (non-hydrogen) atoms. The third-order valence-corrected chi connectivity index (χ3v) is 6.42. The first-order chi connectivity index (χ1) is 15.5. The van der Waals surface area contributed by atoms with Crippen LogP contribution in [0.25, 0.3) is 10.9 Å². The van der Waals surface area contributed by atoms with Crippen LogP contribution >= 0.6 is 11.6 Å². The number of likely N-dealkylation sites (tertiary alicyclic amines) is 1. The Hall–Kier alpha value is -2.52. The number of piperidine rings is 1. The zero-order valence-electron chi connectivity index (χ0n) is 18.7. The number of rotatable bonds is 6. The summed E-state index contributed by atoms with van der Waals surface area (Å²) in [5.41, 5.74) is 4.16. The number of fused-ring (bicyclic) bond motifs is 1. The fourth-order valence-electron chi connectivity index (χ4n) is 4.24. The van der Waals surface area contributed by atoms with E-state index in [2.05, 4.69) is 70.2 Å². The minimum Gasteiger partial charge on any atom is -0.374 e. The van der Waals surface area contributed by atoms with Crippen molar-refractivity contribution in [2.75, 3.05) is 32.0 Å². The number of aryl methyl sites for hydroxylation is 1. The van der Waals surface area contributed by atoms with Gasteiger partial charge in [-0.25, -0.2) is 4.39 Å².